The molecule has 0 saturated heterocycles. The van der Waals surface area contributed by atoms with Gasteiger partial charge in [0.15, 0.2) is 5.13 Å². The van der Waals surface area contributed by atoms with Crippen molar-refractivity contribution in [2.45, 2.75) is 6.92 Å². The minimum atomic E-state index is -0.107. The van der Waals surface area contributed by atoms with Crippen LogP contribution in [0.2, 0.25) is 0 Å². The molecule has 0 atom stereocenters. The van der Waals surface area contributed by atoms with E-state index in [2.05, 4.69) is 0 Å². The molecule has 0 aliphatic carbocycles. The summed E-state index contributed by atoms with van der Waals surface area (Å²) >= 11 is 1.40. The number of thiazole rings is 1. The van der Waals surface area contributed by atoms with Crippen LogP contribution in [-0.4, -0.2) is 45.4 Å². The Morgan fingerprint density at radius 1 is 1.10 bits per heavy atom. The van der Waals surface area contributed by atoms with Gasteiger partial charge >= 0.3 is 0 Å². The van der Waals surface area contributed by atoms with E-state index in [0.717, 1.165) is 16.8 Å². The molecule has 152 valence electrons. The van der Waals surface area contributed by atoms with Gasteiger partial charge in [-0.2, -0.15) is 0 Å². The minimum Gasteiger partial charge on any atom is -0.497 e. The van der Waals surface area contributed by atoms with Gasteiger partial charge < -0.3 is 14.2 Å². The summed E-state index contributed by atoms with van der Waals surface area (Å²) in [5, 5.41) is 2.52. The molecule has 0 aliphatic rings. The third-order valence-corrected chi connectivity index (χ3v) is 5.30. The molecule has 1 amide bonds. The fourth-order valence-electron chi connectivity index (χ4n) is 2.93. The maximum atomic E-state index is 13.2. The summed E-state index contributed by atoms with van der Waals surface area (Å²) in [5.41, 5.74) is 3.18. The van der Waals surface area contributed by atoms with Crippen LogP contribution in [0.4, 0.5) is 5.13 Å². The van der Waals surface area contributed by atoms with Crippen LogP contribution in [0.15, 0.2) is 47.8 Å². The Kier molecular flexibility index (Phi) is 6.85. The molecule has 1 aromatic heterocycles. The Morgan fingerprint density at radius 3 is 2.62 bits per heavy atom. The number of carbonyl (C=O) groups excluding carboxylic acids is 1. The van der Waals surface area contributed by atoms with Gasteiger partial charge in [-0.25, -0.2) is 4.98 Å². The summed E-state index contributed by atoms with van der Waals surface area (Å²) in [4.78, 5) is 19.5. The first kappa shape index (κ1) is 20.8. The zero-order valence-corrected chi connectivity index (χ0v) is 17.8. The van der Waals surface area contributed by atoms with E-state index in [1.165, 1.54) is 11.3 Å². The second-order valence-electron chi connectivity index (χ2n) is 6.40. The molecule has 0 aliphatic heterocycles. The Labute approximate surface area is 174 Å². The van der Waals surface area contributed by atoms with Crippen LogP contribution in [-0.2, 0) is 4.74 Å². The SMILES string of the molecule is COCCN(C(=O)c1cccc(C)c1)c1nc(-c2cc(OC)ccc2OC)cs1. The third kappa shape index (κ3) is 4.75. The number of ether oxygens (including phenoxy) is 3. The number of anilines is 1. The molecule has 29 heavy (non-hydrogen) atoms. The highest BCUT2D eigenvalue weighted by Gasteiger charge is 2.22. The Morgan fingerprint density at radius 2 is 1.93 bits per heavy atom. The van der Waals surface area contributed by atoms with Crippen molar-refractivity contribution in [3.8, 4) is 22.8 Å². The zero-order chi connectivity index (χ0) is 20.8. The fourth-order valence-corrected chi connectivity index (χ4v) is 3.78. The van der Waals surface area contributed by atoms with Gasteiger partial charge in [-0.15, -0.1) is 11.3 Å². The molecule has 7 heteroatoms. The first-order valence-electron chi connectivity index (χ1n) is 9.12. The molecule has 0 spiro atoms. The number of aryl methyl sites for hydroxylation is 1. The van der Waals surface area contributed by atoms with Crippen LogP contribution in [0, 0.1) is 6.92 Å². The summed E-state index contributed by atoms with van der Waals surface area (Å²) in [6.45, 7) is 2.78. The predicted molar refractivity (Wildman–Crippen MR) is 115 cm³/mol. The van der Waals surface area contributed by atoms with Crippen LogP contribution in [0.3, 0.4) is 0 Å². The maximum absolute atomic E-state index is 13.2. The topological polar surface area (TPSA) is 60.9 Å². The number of aromatic nitrogens is 1. The highest BCUT2D eigenvalue weighted by Crippen LogP contribution is 2.36. The molecule has 2 aromatic carbocycles. The first-order valence-corrected chi connectivity index (χ1v) is 10.0. The number of rotatable bonds is 8. The summed E-state index contributed by atoms with van der Waals surface area (Å²) in [5.74, 6) is 1.29. The number of hydrogen-bond donors (Lipinski definition) is 0. The van der Waals surface area contributed by atoms with Gasteiger partial charge in [-0.05, 0) is 37.3 Å². The van der Waals surface area contributed by atoms with E-state index >= 15 is 0 Å². The van der Waals surface area contributed by atoms with Gasteiger partial charge in [0.1, 0.15) is 11.5 Å². The van der Waals surface area contributed by atoms with Crippen LogP contribution >= 0.6 is 11.3 Å². The second-order valence-corrected chi connectivity index (χ2v) is 7.24. The monoisotopic (exact) mass is 412 g/mol. The molecule has 0 radical (unpaired) electrons. The number of hydrogen-bond acceptors (Lipinski definition) is 6. The lowest BCUT2D eigenvalue weighted by Gasteiger charge is -2.19. The Hall–Kier alpha value is -2.90. The summed E-state index contributed by atoms with van der Waals surface area (Å²) in [6.07, 6.45) is 0. The number of amides is 1. The van der Waals surface area contributed by atoms with Crippen molar-refractivity contribution in [2.75, 3.05) is 39.4 Å². The zero-order valence-electron chi connectivity index (χ0n) is 17.0. The van der Waals surface area contributed by atoms with E-state index in [0.29, 0.717) is 35.3 Å². The molecule has 0 unspecified atom stereocenters. The standard InChI is InChI=1S/C22H24N2O4S/c1-15-6-5-7-16(12-15)21(25)24(10-11-26-2)22-23-19(14-29-22)18-13-17(27-3)8-9-20(18)28-4/h5-9,12-14H,10-11H2,1-4H3. The first-order chi connectivity index (χ1) is 14.1. The molecule has 3 rings (SSSR count). The largest absolute Gasteiger partial charge is 0.497 e. The molecule has 1 heterocycles. The normalized spacial score (nSPS) is 10.6. The van der Waals surface area contributed by atoms with Crippen molar-refractivity contribution >= 4 is 22.4 Å². The predicted octanol–water partition coefficient (Wildman–Crippen LogP) is 4.43. The molecule has 3 aromatic rings. The van der Waals surface area contributed by atoms with E-state index in [9.17, 15) is 4.79 Å². The van der Waals surface area contributed by atoms with Crippen molar-refractivity contribution in [2.24, 2.45) is 0 Å². The second kappa shape index (κ2) is 9.54. The lowest BCUT2D eigenvalue weighted by atomic mass is 10.1. The number of benzene rings is 2. The Bertz CT molecular complexity index is 986. The van der Waals surface area contributed by atoms with Gasteiger partial charge in [0, 0.05) is 23.6 Å². The van der Waals surface area contributed by atoms with Crippen molar-refractivity contribution in [1.82, 2.24) is 4.98 Å². The molecule has 0 bridgehead atoms. The van der Waals surface area contributed by atoms with E-state index in [4.69, 9.17) is 19.2 Å². The van der Waals surface area contributed by atoms with Gasteiger partial charge in [-0.1, -0.05) is 17.7 Å². The summed E-state index contributed by atoms with van der Waals surface area (Å²) < 4.78 is 16.0. The van der Waals surface area contributed by atoms with E-state index in [1.807, 2.05) is 54.8 Å². The summed E-state index contributed by atoms with van der Waals surface area (Å²) in [6, 6.07) is 13.1. The molecule has 0 N–H and O–H groups in total. The molecular weight excluding hydrogens is 388 g/mol. The van der Waals surface area contributed by atoms with E-state index in [1.54, 1.807) is 26.2 Å². The van der Waals surface area contributed by atoms with Gasteiger partial charge in [0.25, 0.3) is 5.91 Å². The molecule has 0 fully saturated rings. The van der Waals surface area contributed by atoms with Crippen molar-refractivity contribution < 1.29 is 19.0 Å². The number of carbonyl (C=O) groups is 1. The number of nitrogens with zero attached hydrogens (tertiary/aromatic N) is 2. The molecule has 0 saturated carbocycles. The molecule has 6 nitrogen and oxygen atoms in total. The highest BCUT2D eigenvalue weighted by atomic mass is 32.1. The van der Waals surface area contributed by atoms with Crippen LogP contribution < -0.4 is 14.4 Å². The average Bonchev–Trinajstić information content (AvgIpc) is 3.23. The average molecular weight is 413 g/mol. The highest BCUT2D eigenvalue weighted by molar-refractivity contribution is 7.14. The summed E-state index contributed by atoms with van der Waals surface area (Å²) in [7, 11) is 4.85. The van der Waals surface area contributed by atoms with Gasteiger partial charge in [0.05, 0.1) is 33.1 Å². The molecular formula is C22H24N2O4S. The minimum absolute atomic E-state index is 0.107. The van der Waals surface area contributed by atoms with Crippen molar-refractivity contribution in [3.05, 3.63) is 59.0 Å². The lowest BCUT2D eigenvalue weighted by Crippen LogP contribution is -2.33. The Balaban J connectivity index is 1.97. The maximum Gasteiger partial charge on any atom is 0.260 e. The van der Waals surface area contributed by atoms with Gasteiger partial charge in [0.2, 0.25) is 0 Å². The fraction of sp³-hybridized carbons (Fsp3) is 0.273. The van der Waals surface area contributed by atoms with Crippen molar-refractivity contribution in [1.29, 1.82) is 0 Å². The number of methoxy groups -OCH3 is 3. The smallest absolute Gasteiger partial charge is 0.260 e. The van der Waals surface area contributed by atoms with E-state index in [-0.39, 0.29) is 5.91 Å². The quantitative estimate of drug-likeness (QED) is 0.548. The van der Waals surface area contributed by atoms with Crippen LogP contribution in [0.5, 0.6) is 11.5 Å². The van der Waals surface area contributed by atoms with Gasteiger partial charge in [-0.3, -0.25) is 9.69 Å². The van der Waals surface area contributed by atoms with Crippen LogP contribution in [0.1, 0.15) is 15.9 Å². The third-order valence-electron chi connectivity index (χ3n) is 4.43. The lowest BCUT2D eigenvalue weighted by molar-refractivity contribution is 0.0976. The van der Waals surface area contributed by atoms with Crippen LogP contribution in [0.25, 0.3) is 11.3 Å². The van der Waals surface area contributed by atoms with E-state index < -0.39 is 0 Å². The van der Waals surface area contributed by atoms with Crippen molar-refractivity contribution in [3.63, 3.8) is 0 Å².